The molecular weight excluding hydrogens is 270 g/mol. The van der Waals surface area contributed by atoms with Gasteiger partial charge < -0.3 is 10.0 Å². The summed E-state index contributed by atoms with van der Waals surface area (Å²) in [6.07, 6.45) is 0. The van der Waals surface area contributed by atoms with Crippen LogP contribution < -0.4 is 0 Å². The molecule has 0 bridgehead atoms. The van der Waals surface area contributed by atoms with Crippen molar-refractivity contribution in [3.8, 4) is 0 Å². The van der Waals surface area contributed by atoms with Crippen molar-refractivity contribution in [1.29, 1.82) is 0 Å². The molecule has 108 valence electrons. The van der Waals surface area contributed by atoms with Crippen LogP contribution in [0, 0.1) is 17.3 Å². The van der Waals surface area contributed by atoms with Gasteiger partial charge in [-0.05, 0) is 12.3 Å². The number of hydrogen-bond donors (Lipinski definition) is 1. The SMILES string of the molecule is CC1CS(=O)(=O)CCN1C(=O)C1C(C(=O)O)C1(C)C. The summed E-state index contributed by atoms with van der Waals surface area (Å²) in [5, 5.41) is 9.09. The fourth-order valence-electron chi connectivity index (χ4n) is 3.06. The lowest BCUT2D eigenvalue weighted by molar-refractivity contribution is -0.142. The zero-order valence-electron chi connectivity index (χ0n) is 11.3. The Kier molecular flexibility index (Phi) is 3.16. The van der Waals surface area contributed by atoms with Crippen LogP contribution in [0.5, 0.6) is 0 Å². The molecule has 1 aliphatic heterocycles. The monoisotopic (exact) mass is 289 g/mol. The van der Waals surface area contributed by atoms with Crippen LogP contribution in [0.3, 0.4) is 0 Å². The van der Waals surface area contributed by atoms with Gasteiger partial charge in [0.2, 0.25) is 5.91 Å². The number of aliphatic carboxylic acids is 1. The summed E-state index contributed by atoms with van der Waals surface area (Å²) in [4.78, 5) is 25.0. The van der Waals surface area contributed by atoms with Gasteiger partial charge in [-0.2, -0.15) is 0 Å². The maximum atomic E-state index is 12.4. The molecule has 1 heterocycles. The molecule has 0 radical (unpaired) electrons. The molecule has 1 saturated heterocycles. The first-order chi connectivity index (χ1) is 8.58. The highest BCUT2D eigenvalue weighted by molar-refractivity contribution is 7.91. The summed E-state index contributed by atoms with van der Waals surface area (Å²) in [5.74, 6) is -2.45. The number of nitrogens with zero attached hydrogens (tertiary/aromatic N) is 1. The third-order valence-corrected chi connectivity index (χ3v) is 6.11. The second kappa shape index (κ2) is 4.19. The van der Waals surface area contributed by atoms with Crippen molar-refractivity contribution in [2.45, 2.75) is 26.8 Å². The number of rotatable bonds is 2. The summed E-state index contributed by atoms with van der Waals surface area (Å²) >= 11 is 0. The van der Waals surface area contributed by atoms with Gasteiger partial charge in [-0.1, -0.05) is 13.8 Å². The zero-order chi connectivity index (χ0) is 14.6. The molecule has 1 N–H and O–H groups in total. The lowest BCUT2D eigenvalue weighted by Crippen LogP contribution is -2.50. The standard InChI is InChI=1S/C12H19NO5S/c1-7-6-19(17,18)5-4-13(7)10(14)8-9(11(15)16)12(8,2)3/h7-9H,4-6H2,1-3H3,(H,15,16). The maximum Gasteiger partial charge on any atom is 0.307 e. The second-order valence-corrected chi connectivity index (χ2v) is 8.34. The molecule has 0 aromatic carbocycles. The number of carbonyl (C=O) groups is 2. The minimum atomic E-state index is -3.07. The van der Waals surface area contributed by atoms with Gasteiger partial charge >= 0.3 is 5.97 Å². The summed E-state index contributed by atoms with van der Waals surface area (Å²) in [5.41, 5.74) is -0.543. The second-order valence-electron chi connectivity index (χ2n) is 6.11. The van der Waals surface area contributed by atoms with E-state index in [0.717, 1.165) is 0 Å². The first-order valence-corrected chi connectivity index (χ1v) is 8.14. The van der Waals surface area contributed by atoms with Crippen LogP contribution in [0.25, 0.3) is 0 Å². The summed E-state index contributed by atoms with van der Waals surface area (Å²) in [6.45, 7) is 5.39. The molecular formula is C12H19NO5S. The third-order valence-electron chi connectivity index (χ3n) is 4.31. The van der Waals surface area contributed by atoms with Crippen molar-refractivity contribution in [3.05, 3.63) is 0 Å². The average Bonchev–Trinajstić information content (AvgIpc) is 2.79. The fourth-order valence-corrected chi connectivity index (χ4v) is 4.62. The van der Waals surface area contributed by atoms with Gasteiger partial charge in [0.1, 0.15) is 0 Å². The molecule has 7 heteroatoms. The Balaban J connectivity index is 2.12. The quantitative estimate of drug-likeness (QED) is 0.772. The summed E-state index contributed by atoms with van der Waals surface area (Å²) < 4.78 is 23.0. The molecule has 1 aliphatic carbocycles. The number of sulfone groups is 1. The molecule has 3 unspecified atom stereocenters. The van der Waals surface area contributed by atoms with E-state index >= 15 is 0 Å². The molecule has 1 amide bonds. The maximum absolute atomic E-state index is 12.4. The van der Waals surface area contributed by atoms with Gasteiger partial charge in [0, 0.05) is 12.6 Å². The van der Waals surface area contributed by atoms with Crippen LogP contribution in [0.15, 0.2) is 0 Å². The highest BCUT2D eigenvalue weighted by Crippen LogP contribution is 2.59. The summed E-state index contributed by atoms with van der Waals surface area (Å²) in [6, 6.07) is -0.378. The number of carbonyl (C=O) groups excluding carboxylic acids is 1. The Morgan fingerprint density at radius 3 is 2.26 bits per heavy atom. The lowest BCUT2D eigenvalue weighted by atomic mass is 10.1. The van der Waals surface area contributed by atoms with Gasteiger partial charge in [0.25, 0.3) is 0 Å². The van der Waals surface area contributed by atoms with Crippen LogP contribution in [-0.4, -0.2) is 54.4 Å². The van der Waals surface area contributed by atoms with E-state index in [2.05, 4.69) is 0 Å². The topological polar surface area (TPSA) is 91.8 Å². The van der Waals surface area contributed by atoms with Crippen molar-refractivity contribution in [1.82, 2.24) is 4.90 Å². The van der Waals surface area contributed by atoms with Crippen LogP contribution in [0.4, 0.5) is 0 Å². The van der Waals surface area contributed by atoms with E-state index in [1.165, 1.54) is 4.90 Å². The first-order valence-electron chi connectivity index (χ1n) is 6.31. The minimum absolute atomic E-state index is 0.0338. The Bertz CT molecular complexity index is 524. The smallest absolute Gasteiger partial charge is 0.307 e. The molecule has 0 spiro atoms. The molecule has 2 rings (SSSR count). The van der Waals surface area contributed by atoms with Crippen LogP contribution in [0.2, 0.25) is 0 Å². The van der Waals surface area contributed by atoms with Gasteiger partial charge in [-0.15, -0.1) is 0 Å². The highest BCUT2D eigenvalue weighted by Gasteiger charge is 2.67. The largest absolute Gasteiger partial charge is 0.481 e. The minimum Gasteiger partial charge on any atom is -0.481 e. The number of carboxylic acid groups (broad SMARTS) is 1. The van der Waals surface area contributed by atoms with Gasteiger partial charge in [0.15, 0.2) is 9.84 Å². The zero-order valence-corrected chi connectivity index (χ0v) is 12.1. The van der Waals surface area contributed by atoms with Crippen LogP contribution in [0.1, 0.15) is 20.8 Å². The fraction of sp³-hybridized carbons (Fsp3) is 0.833. The highest BCUT2D eigenvalue weighted by atomic mass is 32.2. The first kappa shape index (κ1) is 14.3. The Morgan fingerprint density at radius 2 is 1.84 bits per heavy atom. The van der Waals surface area contributed by atoms with Gasteiger partial charge in [-0.25, -0.2) is 8.42 Å². The normalized spacial score (nSPS) is 35.7. The van der Waals surface area contributed by atoms with Crippen LogP contribution in [-0.2, 0) is 19.4 Å². The van der Waals surface area contributed by atoms with Crippen molar-refractivity contribution in [2.24, 2.45) is 17.3 Å². The van der Waals surface area contributed by atoms with E-state index < -0.39 is 33.1 Å². The Morgan fingerprint density at radius 1 is 1.26 bits per heavy atom. The lowest BCUT2D eigenvalue weighted by Gasteiger charge is -2.33. The molecule has 0 aromatic heterocycles. The molecule has 19 heavy (non-hydrogen) atoms. The predicted molar refractivity (Wildman–Crippen MR) is 68.2 cm³/mol. The molecule has 2 aliphatic rings. The van der Waals surface area contributed by atoms with E-state index in [1.807, 2.05) is 0 Å². The van der Waals surface area contributed by atoms with Crippen molar-refractivity contribution in [2.75, 3.05) is 18.1 Å². The van der Waals surface area contributed by atoms with E-state index in [-0.39, 0.29) is 30.0 Å². The Labute approximate surface area is 112 Å². The number of carboxylic acids is 1. The van der Waals surface area contributed by atoms with E-state index in [0.29, 0.717) is 0 Å². The summed E-state index contributed by atoms with van der Waals surface area (Å²) in [7, 11) is -3.07. The number of amides is 1. The molecule has 3 atom stereocenters. The van der Waals surface area contributed by atoms with E-state index in [1.54, 1.807) is 20.8 Å². The van der Waals surface area contributed by atoms with Crippen molar-refractivity contribution >= 4 is 21.7 Å². The molecule has 0 aromatic rings. The van der Waals surface area contributed by atoms with E-state index in [4.69, 9.17) is 5.11 Å². The number of hydrogen-bond acceptors (Lipinski definition) is 4. The average molecular weight is 289 g/mol. The molecule has 6 nitrogen and oxygen atoms in total. The predicted octanol–water partition coefficient (Wildman–Crippen LogP) is -0.0113. The third kappa shape index (κ3) is 2.35. The van der Waals surface area contributed by atoms with Crippen molar-refractivity contribution in [3.63, 3.8) is 0 Å². The van der Waals surface area contributed by atoms with Gasteiger partial charge in [-0.3, -0.25) is 9.59 Å². The Hall–Kier alpha value is -1.11. The molecule has 2 fully saturated rings. The molecule has 1 saturated carbocycles. The van der Waals surface area contributed by atoms with Crippen LogP contribution >= 0.6 is 0 Å². The van der Waals surface area contributed by atoms with Gasteiger partial charge in [0.05, 0.1) is 23.3 Å². The van der Waals surface area contributed by atoms with E-state index in [9.17, 15) is 18.0 Å². The van der Waals surface area contributed by atoms with Crippen molar-refractivity contribution < 1.29 is 23.1 Å².